The summed E-state index contributed by atoms with van der Waals surface area (Å²) in [5, 5.41) is 14.0. The van der Waals surface area contributed by atoms with Gasteiger partial charge in [-0.05, 0) is 37.9 Å². The molecule has 0 aromatic heterocycles. The Morgan fingerprint density at radius 2 is 2.31 bits per heavy atom. The minimum Gasteiger partial charge on any atom is -0.504 e. The van der Waals surface area contributed by atoms with Gasteiger partial charge in [0.15, 0.2) is 11.5 Å². The molecule has 4 heteroatoms. The number of hydrogen-bond acceptors (Lipinski definition) is 3. The molecular formula is C12H16ClNO2. The lowest BCUT2D eigenvalue weighted by molar-refractivity contribution is 0.367. The Bertz CT molecular complexity index is 400. The number of halogens is 1. The fourth-order valence-electron chi connectivity index (χ4n) is 2.32. The van der Waals surface area contributed by atoms with Crippen LogP contribution in [0.5, 0.6) is 11.5 Å². The number of aryl methyl sites for hydroxylation is 1. The van der Waals surface area contributed by atoms with Crippen molar-refractivity contribution in [3.05, 3.63) is 22.2 Å². The summed E-state index contributed by atoms with van der Waals surface area (Å²) in [5.41, 5.74) is 1.92. The quantitative estimate of drug-likeness (QED) is 0.837. The first-order valence-electron chi connectivity index (χ1n) is 5.44. The van der Waals surface area contributed by atoms with Crippen LogP contribution in [0.25, 0.3) is 0 Å². The monoisotopic (exact) mass is 241 g/mol. The van der Waals surface area contributed by atoms with Crippen molar-refractivity contribution in [3.63, 3.8) is 0 Å². The number of benzene rings is 1. The van der Waals surface area contributed by atoms with Gasteiger partial charge >= 0.3 is 0 Å². The first-order chi connectivity index (χ1) is 7.65. The van der Waals surface area contributed by atoms with Gasteiger partial charge < -0.3 is 15.2 Å². The van der Waals surface area contributed by atoms with Crippen LogP contribution in [0.4, 0.5) is 0 Å². The Balaban J connectivity index is 2.50. The number of nitrogens with one attached hydrogen (secondary N) is 1. The number of rotatable bonds is 2. The molecule has 0 saturated carbocycles. The Hall–Kier alpha value is -0.930. The van der Waals surface area contributed by atoms with Crippen molar-refractivity contribution in [1.82, 2.24) is 5.32 Å². The highest BCUT2D eigenvalue weighted by Gasteiger charge is 2.24. The second-order valence-corrected chi connectivity index (χ2v) is 4.53. The summed E-state index contributed by atoms with van der Waals surface area (Å²) in [5.74, 6) is 0.544. The molecular weight excluding hydrogens is 226 g/mol. The molecule has 1 aliphatic rings. The van der Waals surface area contributed by atoms with Gasteiger partial charge in [0.25, 0.3) is 0 Å². The zero-order valence-corrected chi connectivity index (χ0v) is 10.3. The minimum atomic E-state index is 0.173. The molecule has 1 heterocycles. The average Bonchev–Trinajstić information content (AvgIpc) is 2.70. The standard InChI is InChI=1S/C12H16ClNO2/c1-7-6-8(13)12(16-2)11(15)10(7)9-4-3-5-14-9/h6,9,14-15H,3-5H2,1-2H3. The third-order valence-electron chi connectivity index (χ3n) is 3.07. The van der Waals surface area contributed by atoms with E-state index in [0.717, 1.165) is 30.5 Å². The van der Waals surface area contributed by atoms with Crippen LogP contribution in [0, 0.1) is 6.92 Å². The molecule has 3 nitrogen and oxygen atoms in total. The zero-order chi connectivity index (χ0) is 11.7. The van der Waals surface area contributed by atoms with Gasteiger partial charge in [-0.25, -0.2) is 0 Å². The maximum Gasteiger partial charge on any atom is 0.179 e. The second-order valence-electron chi connectivity index (χ2n) is 4.12. The summed E-state index contributed by atoms with van der Waals surface area (Å²) in [6.45, 7) is 2.95. The molecule has 0 amide bonds. The Kier molecular flexibility index (Phi) is 3.26. The Labute approximate surface area is 100 Å². The minimum absolute atomic E-state index is 0.173. The van der Waals surface area contributed by atoms with Gasteiger partial charge in [-0.2, -0.15) is 0 Å². The number of methoxy groups -OCH3 is 1. The van der Waals surface area contributed by atoms with E-state index in [-0.39, 0.29) is 11.8 Å². The number of phenols is 1. The second kappa shape index (κ2) is 4.52. The highest BCUT2D eigenvalue weighted by atomic mass is 35.5. The van der Waals surface area contributed by atoms with Crippen LogP contribution in [-0.4, -0.2) is 18.8 Å². The lowest BCUT2D eigenvalue weighted by atomic mass is 9.98. The molecule has 0 spiro atoms. The normalized spacial score (nSPS) is 20.1. The van der Waals surface area contributed by atoms with Crippen molar-refractivity contribution in [3.8, 4) is 11.5 Å². The number of aromatic hydroxyl groups is 1. The molecule has 1 aliphatic heterocycles. The lowest BCUT2D eigenvalue weighted by Crippen LogP contribution is -2.14. The molecule has 1 aromatic rings. The SMILES string of the molecule is COc1c(Cl)cc(C)c(C2CCCN2)c1O. The van der Waals surface area contributed by atoms with Gasteiger partial charge in [0.1, 0.15) is 0 Å². The predicted octanol–water partition coefficient (Wildman–Crippen LogP) is 2.79. The number of hydrogen-bond donors (Lipinski definition) is 2. The molecule has 2 rings (SSSR count). The van der Waals surface area contributed by atoms with Crippen LogP contribution in [0.1, 0.15) is 30.0 Å². The van der Waals surface area contributed by atoms with E-state index >= 15 is 0 Å². The molecule has 88 valence electrons. The maximum absolute atomic E-state index is 10.2. The average molecular weight is 242 g/mol. The van der Waals surface area contributed by atoms with Crippen LogP contribution in [0.3, 0.4) is 0 Å². The molecule has 1 aromatic carbocycles. The first kappa shape index (κ1) is 11.6. The van der Waals surface area contributed by atoms with Gasteiger partial charge in [0, 0.05) is 11.6 Å². The van der Waals surface area contributed by atoms with Crippen molar-refractivity contribution in [2.45, 2.75) is 25.8 Å². The van der Waals surface area contributed by atoms with Gasteiger partial charge in [-0.1, -0.05) is 11.6 Å². The number of phenolic OH excluding ortho intramolecular Hbond substituents is 1. The largest absolute Gasteiger partial charge is 0.504 e. The molecule has 0 radical (unpaired) electrons. The van der Waals surface area contributed by atoms with Gasteiger partial charge in [-0.3, -0.25) is 0 Å². The number of ether oxygens (including phenoxy) is 1. The van der Waals surface area contributed by atoms with Crippen molar-refractivity contribution >= 4 is 11.6 Å². The summed E-state index contributed by atoms with van der Waals surface area (Å²) in [4.78, 5) is 0. The summed E-state index contributed by atoms with van der Waals surface area (Å²) < 4.78 is 5.12. The summed E-state index contributed by atoms with van der Waals surface area (Å²) in [6, 6.07) is 2.06. The molecule has 1 unspecified atom stereocenters. The Morgan fingerprint density at radius 1 is 1.56 bits per heavy atom. The highest BCUT2D eigenvalue weighted by Crippen LogP contribution is 2.43. The van der Waals surface area contributed by atoms with Gasteiger partial charge in [-0.15, -0.1) is 0 Å². The van der Waals surface area contributed by atoms with Gasteiger partial charge in [0.05, 0.1) is 12.1 Å². The van der Waals surface area contributed by atoms with E-state index in [2.05, 4.69) is 5.32 Å². The van der Waals surface area contributed by atoms with Crippen molar-refractivity contribution in [1.29, 1.82) is 0 Å². The van der Waals surface area contributed by atoms with Crippen LogP contribution < -0.4 is 10.1 Å². The van der Waals surface area contributed by atoms with E-state index in [0.29, 0.717) is 10.8 Å². The van der Waals surface area contributed by atoms with E-state index in [4.69, 9.17) is 16.3 Å². The predicted molar refractivity (Wildman–Crippen MR) is 64.4 cm³/mol. The molecule has 0 aliphatic carbocycles. The molecule has 1 saturated heterocycles. The highest BCUT2D eigenvalue weighted by molar-refractivity contribution is 6.32. The molecule has 1 atom stereocenters. The fraction of sp³-hybridized carbons (Fsp3) is 0.500. The van der Waals surface area contributed by atoms with Crippen LogP contribution in [0.15, 0.2) is 6.07 Å². The molecule has 16 heavy (non-hydrogen) atoms. The van der Waals surface area contributed by atoms with Crippen LogP contribution in [-0.2, 0) is 0 Å². The van der Waals surface area contributed by atoms with E-state index in [1.807, 2.05) is 13.0 Å². The van der Waals surface area contributed by atoms with Crippen molar-refractivity contribution in [2.24, 2.45) is 0 Å². The third kappa shape index (κ3) is 1.85. The van der Waals surface area contributed by atoms with E-state index in [1.54, 1.807) is 0 Å². The topological polar surface area (TPSA) is 41.5 Å². The lowest BCUT2D eigenvalue weighted by Gasteiger charge is -2.18. The third-order valence-corrected chi connectivity index (χ3v) is 3.35. The molecule has 2 N–H and O–H groups in total. The molecule has 1 fully saturated rings. The van der Waals surface area contributed by atoms with Crippen LogP contribution >= 0.6 is 11.6 Å². The summed E-state index contributed by atoms with van der Waals surface area (Å²) >= 11 is 6.01. The molecule has 0 bridgehead atoms. The van der Waals surface area contributed by atoms with Crippen LogP contribution in [0.2, 0.25) is 5.02 Å². The van der Waals surface area contributed by atoms with Gasteiger partial charge in [0.2, 0.25) is 0 Å². The fourth-order valence-corrected chi connectivity index (χ4v) is 2.65. The van der Waals surface area contributed by atoms with Crippen molar-refractivity contribution in [2.75, 3.05) is 13.7 Å². The van der Waals surface area contributed by atoms with Crippen molar-refractivity contribution < 1.29 is 9.84 Å². The smallest absolute Gasteiger partial charge is 0.179 e. The summed E-state index contributed by atoms with van der Waals surface area (Å²) in [6.07, 6.45) is 2.17. The zero-order valence-electron chi connectivity index (χ0n) is 9.51. The Morgan fingerprint density at radius 3 is 2.88 bits per heavy atom. The van der Waals surface area contributed by atoms with E-state index in [1.165, 1.54) is 7.11 Å². The van der Waals surface area contributed by atoms with E-state index < -0.39 is 0 Å². The maximum atomic E-state index is 10.2. The van der Waals surface area contributed by atoms with E-state index in [9.17, 15) is 5.11 Å². The summed E-state index contributed by atoms with van der Waals surface area (Å²) in [7, 11) is 1.52. The first-order valence-corrected chi connectivity index (χ1v) is 5.82.